The minimum absolute atomic E-state index is 0.0107. The van der Waals surface area contributed by atoms with Crippen LogP contribution in [-0.4, -0.2) is 32.8 Å². The van der Waals surface area contributed by atoms with E-state index in [1.807, 2.05) is 43.3 Å². The van der Waals surface area contributed by atoms with Gasteiger partial charge in [0.25, 0.3) is 5.91 Å². The van der Waals surface area contributed by atoms with Crippen LogP contribution in [0.25, 0.3) is 6.08 Å². The number of amides is 1. The Hall–Kier alpha value is -3.30. The zero-order valence-electron chi connectivity index (χ0n) is 16.1. The molecule has 0 saturated heterocycles. The Labute approximate surface area is 165 Å². The third kappa shape index (κ3) is 6.45. The highest BCUT2D eigenvalue weighted by Gasteiger charge is 2.11. The summed E-state index contributed by atoms with van der Waals surface area (Å²) in [6, 6.07) is 17.1. The second-order valence-corrected chi connectivity index (χ2v) is 5.83. The van der Waals surface area contributed by atoms with Crippen molar-refractivity contribution in [3.8, 4) is 17.6 Å². The molecule has 0 aliphatic carbocycles. The SMILES string of the molecule is CCOc1cc(C=C(C#N)C(=O)NCCOC)ccc1OCc1ccccc1. The first-order valence-corrected chi connectivity index (χ1v) is 9.00. The van der Waals surface area contributed by atoms with Crippen LogP contribution in [0.1, 0.15) is 18.1 Å². The van der Waals surface area contributed by atoms with Crippen molar-refractivity contribution in [1.29, 1.82) is 5.26 Å². The first-order valence-electron chi connectivity index (χ1n) is 9.00. The molecule has 0 aliphatic rings. The monoisotopic (exact) mass is 380 g/mol. The van der Waals surface area contributed by atoms with Gasteiger partial charge in [0.15, 0.2) is 11.5 Å². The molecular formula is C22H24N2O4. The first kappa shape index (κ1) is 21.0. The molecule has 2 rings (SSSR count). The summed E-state index contributed by atoms with van der Waals surface area (Å²) in [5.41, 5.74) is 1.74. The molecule has 0 unspecified atom stereocenters. The third-order valence-corrected chi connectivity index (χ3v) is 3.77. The van der Waals surface area contributed by atoms with Crippen LogP contribution in [0.4, 0.5) is 0 Å². The summed E-state index contributed by atoms with van der Waals surface area (Å²) < 4.78 is 16.4. The minimum atomic E-state index is -0.443. The zero-order valence-corrected chi connectivity index (χ0v) is 16.1. The molecule has 6 heteroatoms. The number of nitrogens with zero attached hydrogens (tertiary/aromatic N) is 1. The quantitative estimate of drug-likeness (QED) is 0.388. The molecule has 1 amide bonds. The van der Waals surface area contributed by atoms with Gasteiger partial charge in [0.05, 0.1) is 13.2 Å². The van der Waals surface area contributed by atoms with Gasteiger partial charge in [0, 0.05) is 13.7 Å². The van der Waals surface area contributed by atoms with E-state index in [0.29, 0.717) is 43.4 Å². The van der Waals surface area contributed by atoms with E-state index in [1.54, 1.807) is 25.3 Å². The van der Waals surface area contributed by atoms with Gasteiger partial charge < -0.3 is 19.5 Å². The summed E-state index contributed by atoms with van der Waals surface area (Å²) in [5.74, 6) is 0.720. The van der Waals surface area contributed by atoms with Gasteiger partial charge in [0.2, 0.25) is 0 Å². The van der Waals surface area contributed by atoms with Gasteiger partial charge in [-0.3, -0.25) is 4.79 Å². The highest BCUT2D eigenvalue weighted by atomic mass is 16.5. The maximum absolute atomic E-state index is 12.1. The van der Waals surface area contributed by atoms with Gasteiger partial charge in [-0.1, -0.05) is 36.4 Å². The van der Waals surface area contributed by atoms with E-state index in [2.05, 4.69) is 5.32 Å². The third-order valence-electron chi connectivity index (χ3n) is 3.77. The molecule has 2 aromatic carbocycles. The van der Waals surface area contributed by atoms with Crippen molar-refractivity contribution < 1.29 is 19.0 Å². The molecule has 0 bridgehead atoms. The molecule has 2 aromatic rings. The number of nitriles is 1. The van der Waals surface area contributed by atoms with E-state index in [-0.39, 0.29) is 5.57 Å². The lowest BCUT2D eigenvalue weighted by Crippen LogP contribution is -2.27. The van der Waals surface area contributed by atoms with E-state index in [1.165, 1.54) is 6.08 Å². The maximum atomic E-state index is 12.1. The van der Waals surface area contributed by atoms with Crippen molar-refractivity contribution in [2.45, 2.75) is 13.5 Å². The van der Waals surface area contributed by atoms with Crippen LogP contribution in [0.2, 0.25) is 0 Å². The van der Waals surface area contributed by atoms with E-state index >= 15 is 0 Å². The van der Waals surface area contributed by atoms with Crippen molar-refractivity contribution in [2.24, 2.45) is 0 Å². The number of benzene rings is 2. The number of methoxy groups -OCH3 is 1. The van der Waals surface area contributed by atoms with Crippen LogP contribution < -0.4 is 14.8 Å². The van der Waals surface area contributed by atoms with Crippen molar-refractivity contribution >= 4 is 12.0 Å². The minimum Gasteiger partial charge on any atom is -0.490 e. The molecule has 28 heavy (non-hydrogen) atoms. The summed E-state index contributed by atoms with van der Waals surface area (Å²) in [7, 11) is 1.55. The fourth-order valence-electron chi connectivity index (χ4n) is 2.41. The lowest BCUT2D eigenvalue weighted by atomic mass is 10.1. The van der Waals surface area contributed by atoms with E-state index in [9.17, 15) is 10.1 Å². The Balaban J connectivity index is 2.15. The number of hydrogen-bond acceptors (Lipinski definition) is 5. The van der Waals surface area contributed by atoms with Crippen LogP contribution in [0, 0.1) is 11.3 Å². The first-order chi connectivity index (χ1) is 13.7. The normalized spacial score (nSPS) is 10.8. The predicted molar refractivity (Wildman–Crippen MR) is 107 cm³/mol. The van der Waals surface area contributed by atoms with Crippen LogP contribution in [0.3, 0.4) is 0 Å². The molecule has 0 atom stereocenters. The average Bonchev–Trinajstić information content (AvgIpc) is 2.72. The maximum Gasteiger partial charge on any atom is 0.262 e. The Morgan fingerprint density at radius 1 is 1.14 bits per heavy atom. The second-order valence-electron chi connectivity index (χ2n) is 5.83. The Morgan fingerprint density at radius 2 is 1.93 bits per heavy atom. The molecule has 0 aliphatic heterocycles. The van der Waals surface area contributed by atoms with E-state index < -0.39 is 5.91 Å². The van der Waals surface area contributed by atoms with Crippen LogP contribution in [-0.2, 0) is 16.1 Å². The van der Waals surface area contributed by atoms with Gasteiger partial charge >= 0.3 is 0 Å². The summed E-state index contributed by atoms with van der Waals surface area (Å²) in [6.07, 6.45) is 1.52. The highest BCUT2D eigenvalue weighted by molar-refractivity contribution is 6.01. The van der Waals surface area contributed by atoms with Gasteiger partial charge in [-0.25, -0.2) is 0 Å². The fraction of sp³-hybridized carbons (Fsp3) is 0.273. The lowest BCUT2D eigenvalue weighted by molar-refractivity contribution is -0.117. The summed E-state index contributed by atoms with van der Waals surface area (Å²) >= 11 is 0. The molecular weight excluding hydrogens is 356 g/mol. The standard InChI is InChI=1S/C22H24N2O4/c1-3-27-21-14-18(13-19(15-23)22(25)24-11-12-26-2)9-10-20(21)28-16-17-7-5-4-6-8-17/h4-10,13-14H,3,11-12,16H2,1-2H3,(H,24,25). The highest BCUT2D eigenvalue weighted by Crippen LogP contribution is 2.30. The second kappa shape index (κ2) is 11.4. The van der Waals surface area contributed by atoms with Crippen molar-refractivity contribution in [3.05, 3.63) is 65.2 Å². The molecule has 6 nitrogen and oxygen atoms in total. The summed E-state index contributed by atoms with van der Waals surface area (Å²) in [6.45, 7) is 3.49. The van der Waals surface area contributed by atoms with Gasteiger partial charge in [0.1, 0.15) is 18.2 Å². The van der Waals surface area contributed by atoms with E-state index in [0.717, 1.165) is 5.56 Å². The van der Waals surface area contributed by atoms with Crippen molar-refractivity contribution in [2.75, 3.05) is 26.9 Å². The largest absolute Gasteiger partial charge is 0.490 e. The zero-order chi connectivity index (χ0) is 20.2. The molecule has 146 valence electrons. The van der Waals surface area contributed by atoms with Crippen LogP contribution >= 0.6 is 0 Å². The molecule has 1 N–H and O–H groups in total. The van der Waals surface area contributed by atoms with Gasteiger partial charge in [-0.05, 0) is 36.3 Å². The van der Waals surface area contributed by atoms with Gasteiger partial charge in [-0.15, -0.1) is 0 Å². The van der Waals surface area contributed by atoms with E-state index in [4.69, 9.17) is 14.2 Å². The van der Waals surface area contributed by atoms with Crippen LogP contribution in [0.15, 0.2) is 54.1 Å². The number of nitrogens with one attached hydrogen (secondary N) is 1. The summed E-state index contributed by atoms with van der Waals surface area (Å²) in [5, 5.41) is 11.9. The lowest BCUT2D eigenvalue weighted by Gasteiger charge is -2.13. The summed E-state index contributed by atoms with van der Waals surface area (Å²) in [4.78, 5) is 12.1. The number of hydrogen-bond donors (Lipinski definition) is 1. The number of ether oxygens (including phenoxy) is 3. The average molecular weight is 380 g/mol. The molecule has 0 aromatic heterocycles. The van der Waals surface area contributed by atoms with Crippen LogP contribution in [0.5, 0.6) is 11.5 Å². The van der Waals surface area contributed by atoms with Crippen molar-refractivity contribution in [3.63, 3.8) is 0 Å². The van der Waals surface area contributed by atoms with Gasteiger partial charge in [-0.2, -0.15) is 5.26 Å². The number of rotatable bonds is 10. The number of carbonyl (C=O) groups excluding carboxylic acids is 1. The Bertz CT molecular complexity index is 841. The Morgan fingerprint density at radius 3 is 2.61 bits per heavy atom. The van der Waals surface area contributed by atoms with Crippen molar-refractivity contribution in [1.82, 2.24) is 5.32 Å². The molecule has 0 radical (unpaired) electrons. The predicted octanol–water partition coefficient (Wildman–Crippen LogP) is 3.33. The number of carbonyl (C=O) groups is 1. The fourth-order valence-corrected chi connectivity index (χ4v) is 2.41. The molecule has 0 spiro atoms. The smallest absolute Gasteiger partial charge is 0.262 e. The molecule has 0 fully saturated rings. The molecule has 0 heterocycles. The topological polar surface area (TPSA) is 80.6 Å². The molecule has 0 saturated carbocycles. The Kier molecular flexibility index (Phi) is 8.57.